The average molecular weight is 370 g/mol. The highest BCUT2D eigenvalue weighted by atomic mass is 79.9. The summed E-state index contributed by atoms with van der Waals surface area (Å²) in [5.74, 6) is -3.98. The van der Waals surface area contributed by atoms with Gasteiger partial charge in [0, 0.05) is 0 Å². The third kappa shape index (κ3) is 4.25. The summed E-state index contributed by atoms with van der Waals surface area (Å²) in [5, 5.41) is 17.3. The Labute approximate surface area is 121 Å². The summed E-state index contributed by atoms with van der Waals surface area (Å²) >= 11 is 2.84. The highest BCUT2D eigenvalue weighted by Gasteiger charge is 2.27. The molecule has 1 atom stereocenters. The van der Waals surface area contributed by atoms with Gasteiger partial charge >= 0.3 is 11.9 Å². The standard InChI is InChI=1S/C10H9BrFNO6S/c11-6-2-1-5(3-7(6)12)20(18,19)13-8(10(16)17)4-9(14)15/h1-3,8,13H,4H2,(H,14,15)(H,16,17)/t8-/m1/s1. The van der Waals surface area contributed by atoms with E-state index in [1.807, 2.05) is 0 Å². The lowest BCUT2D eigenvalue weighted by Gasteiger charge is -2.13. The van der Waals surface area contributed by atoms with Crippen LogP contribution >= 0.6 is 15.9 Å². The van der Waals surface area contributed by atoms with Gasteiger partial charge in [0.05, 0.1) is 15.8 Å². The lowest BCUT2D eigenvalue weighted by Crippen LogP contribution is -2.42. The lowest BCUT2D eigenvalue weighted by molar-refractivity contribution is -0.145. The van der Waals surface area contributed by atoms with E-state index in [1.165, 1.54) is 0 Å². The molecule has 1 aromatic carbocycles. The van der Waals surface area contributed by atoms with E-state index in [1.54, 1.807) is 4.72 Å². The number of aliphatic carboxylic acids is 2. The van der Waals surface area contributed by atoms with Crippen molar-refractivity contribution < 1.29 is 32.6 Å². The summed E-state index contributed by atoms with van der Waals surface area (Å²) in [6.07, 6.45) is -0.937. The van der Waals surface area contributed by atoms with Gasteiger partial charge in [-0.3, -0.25) is 9.59 Å². The summed E-state index contributed by atoms with van der Waals surface area (Å²) in [6, 6.07) is 1.03. The molecule has 0 saturated heterocycles. The average Bonchev–Trinajstić information content (AvgIpc) is 2.30. The maximum absolute atomic E-state index is 13.3. The van der Waals surface area contributed by atoms with Crippen molar-refractivity contribution in [1.29, 1.82) is 0 Å². The topological polar surface area (TPSA) is 121 Å². The third-order valence-corrected chi connectivity index (χ3v) is 4.29. The number of carboxylic acids is 2. The predicted octanol–water partition coefficient (Wildman–Crippen LogP) is 0.794. The second kappa shape index (κ2) is 6.29. The number of nitrogens with one attached hydrogen (secondary N) is 1. The molecular formula is C10H9BrFNO6S. The number of hydrogen-bond donors (Lipinski definition) is 3. The minimum absolute atomic E-state index is 0.0387. The van der Waals surface area contributed by atoms with Crippen molar-refractivity contribution in [3.05, 3.63) is 28.5 Å². The molecule has 0 aliphatic carbocycles. The van der Waals surface area contributed by atoms with E-state index in [-0.39, 0.29) is 4.47 Å². The zero-order chi connectivity index (χ0) is 15.5. The Morgan fingerprint density at radius 3 is 2.40 bits per heavy atom. The molecule has 1 aromatic rings. The van der Waals surface area contributed by atoms with Gasteiger partial charge in [-0.05, 0) is 34.1 Å². The van der Waals surface area contributed by atoms with Crippen LogP contribution in [0.2, 0.25) is 0 Å². The number of carbonyl (C=O) groups is 2. The van der Waals surface area contributed by atoms with Crippen LogP contribution in [0.1, 0.15) is 6.42 Å². The Hall–Kier alpha value is -1.52. The molecule has 10 heteroatoms. The summed E-state index contributed by atoms with van der Waals surface area (Å²) < 4.78 is 38.7. The van der Waals surface area contributed by atoms with Crippen LogP contribution in [0.3, 0.4) is 0 Å². The predicted molar refractivity (Wildman–Crippen MR) is 68.1 cm³/mol. The fourth-order valence-electron chi connectivity index (χ4n) is 1.25. The van der Waals surface area contributed by atoms with Crippen LogP contribution < -0.4 is 4.72 Å². The molecule has 20 heavy (non-hydrogen) atoms. The smallest absolute Gasteiger partial charge is 0.322 e. The second-order valence-electron chi connectivity index (χ2n) is 3.69. The normalized spacial score (nSPS) is 12.9. The zero-order valence-corrected chi connectivity index (χ0v) is 12.1. The van der Waals surface area contributed by atoms with Crippen molar-refractivity contribution in [3.63, 3.8) is 0 Å². The number of sulfonamides is 1. The number of benzene rings is 1. The molecule has 0 bridgehead atoms. The van der Waals surface area contributed by atoms with E-state index < -0.39 is 45.1 Å². The number of halogens is 2. The first-order chi connectivity index (χ1) is 9.13. The minimum Gasteiger partial charge on any atom is -0.481 e. The monoisotopic (exact) mass is 369 g/mol. The molecule has 7 nitrogen and oxygen atoms in total. The molecule has 0 fully saturated rings. The van der Waals surface area contributed by atoms with Crippen LogP contribution in [0.25, 0.3) is 0 Å². The summed E-state index contributed by atoms with van der Waals surface area (Å²) in [7, 11) is -4.34. The van der Waals surface area contributed by atoms with E-state index >= 15 is 0 Å². The quantitative estimate of drug-likeness (QED) is 0.681. The van der Waals surface area contributed by atoms with Crippen LogP contribution in [-0.4, -0.2) is 36.6 Å². The minimum atomic E-state index is -4.34. The Bertz CT molecular complexity index is 647. The van der Waals surface area contributed by atoms with E-state index in [2.05, 4.69) is 15.9 Å². The Kier molecular flexibility index (Phi) is 5.20. The Morgan fingerprint density at radius 2 is 1.95 bits per heavy atom. The lowest BCUT2D eigenvalue weighted by atomic mass is 10.2. The van der Waals surface area contributed by atoms with Gasteiger partial charge in [-0.2, -0.15) is 4.72 Å². The van der Waals surface area contributed by atoms with E-state index in [9.17, 15) is 22.4 Å². The van der Waals surface area contributed by atoms with E-state index in [0.29, 0.717) is 6.07 Å². The summed E-state index contributed by atoms with van der Waals surface area (Å²) in [5.41, 5.74) is 0. The SMILES string of the molecule is O=C(O)C[C@@H](NS(=O)(=O)c1ccc(Br)c(F)c1)C(=O)O. The molecule has 1 rings (SSSR count). The van der Waals surface area contributed by atoms with Gasteiger partial charge in [0.25, 0.3) is 0 Å². The van der Waals surface area contributed by atoms with Gasteiger partial charge in [0.1, 0.15) is 11.9 Å². The molecule has 3 N–H and O–H groups in total. The molecule has 0 aliphatic rings. The maximum Gasteiger partial charge on any atom is 0.322 e. The van der Waals surface area contributed by atoms with Crippen molar-refractivity contribution in [2.45, 2.75) is 17.4 Å². The van der Waals surface area contributed by atoms with E-state index in [0.717, 1.165) is 12.1 Å². The fourth-order valence-corrected chi connectivity index (χ4v) is 2.70. The molecule has 0 aliphatic heterocycles. The molecule has 110 valence electrons. The van der Waals surface area contributed by atoms with Crippen LogP contribution in [0.4, 0.5) is 4.39 Å². The Balaban J connectivity index is 3.06. The molecule has 0 aromatic heterocycles. The number of rotatable bonds is 6. The van der Waals surface area contributed by atoms with Crippen molar-refractivity contribution in [1.82, 2.24) is 4.72 Å². The highest BCUT2D eigenvalue weighted by molar-refractivity contribution is 9.10. The molecular weight excluding hydrogens is 361 g/mol. The molecule has 0 radical (unpaired) electrons. The van der Waals surface area contributed by atoms with Crippen molar-refractivity contribution in [2.75, 3.05) is 0 Å². The largest absolute Gasteiger partial charge is 0.481 e. The highest BCUT2D eigenvalue weighted by Crippen LogP contribution is 2.19. The number of hydrogen-bond acceptors (Lipinski definition) is 4. The van der Waals surface area contributed by atoms with Gasteiger partial charge in [-0.1, -0.05) is 0 Å². The summed E-state index contributed by atoms with van der Waals surface area (Å²) in [4.78, 5) is 20.8. The van der Waals surface area contributed by atoms with Crippen LogP contribution in [0, 0.1) is 5.82 Å². The Morgan fingerprint density at radius 1 is 1.35 bits per heavy atom. The van der Waals surface area contributed by atoms with Gasteiger partial charge in [0.15, 0.2) is 0 Å². The number of carboxylic acid groups (broad SMARTS) is 2. The van der Waals surface area contributed by atoms with Gasteiger partial charge in [-0.15, -0.1) is 0 Å². The van der Waals surface area contributed by atoms with Gasteiger partial charge < -0.3 is 10.2 Å². The third-order valence-electron chi connectivity index (χ3n) is 2.18. The zero-order valence-electron chi connectivity index (χ0n) is 9.71. The van der Waals surface area contributed by atoms with Crippen molar-refractivity contribution in [2.24, 2.45) is 0 Å². The van der Waals surface area contributed by atoms with Gasteiger partial charge in [-0.25, -0.2) is 12.8 Å². The summed E-state index contributed by atoms with van der Waals surface area (Å²) in [6.45, 7) is 0. The van der Waals surface area contributed by atoms with Crippen LogP contribution in [0.15, 0.2) is 27.6 Å². The van der Waals surface area contributed by atoms with Crippen molar-refractivity contribution in [3.8, 4) is 0 Å². The van der Waals surface area contributed by atoms with Crippen LogP contribution in [-0.2, 0) is 19.6 Å². The first-order valence-electron chi connectivity index (χ1n) is 5.05. The molecule has 0 spiro atoms. The maximum atomic E-state index is 13.3. The van der Waals surface area contributed by atoms with Crippen LogP contribution in [0.5, 0.6) is 0 Å². The van der Waals surface area contributed by atoms with Crippen molar-refractivity contribution >= 4 is 37.9 Å². The molecule has 0 amide bonds. The van der Waals surface area contributed by atoms with Gasteiger partial charge in [0.2, 0.25) is 10.0 Å². The fraction of sp³-hybridized carbons (Fsp3) is 0.200. The molecule has 0 unspecified atom stereocenters. The molecule has 0 saturated carbocycles. The molecule has 0 heterocycles. The first-order valence-corrected chi connectivity index (χ1v) is 7.33. The second-order valence-corrected chi connectivity index (χ2v) is 6.25. The van der Waals surface area contributed by atoms with E-state index in [4.69, 9.17) is 10.2 Å². The first kappa shape index (κ1) is 16.5.